The van der Waals surface area contributed by atoms with Crippen molar-refractivity contribution in [3.63, 3.8) is 0 Å². The van der Waals surface area contributed by atoms with E-state index in [-0.39, 0.29) is 0 Å². The Morgan fingerprint density at radius 1 is 0.393 bits per heavy atom. The molecule has 132 valence electrons. The van der Waals surface area contributed by atoms with E-state index in [0.717, 1.165) is 0 Å². The molecule has 0 unspecified atom stereocenters. The van der Waals surface area contributed by atoms with Crippen molar-refractivity contribution in [3.05, 3.63) is 130 Å². The number of benzene rings is 2. The van der Waals surface area contributed by atoms with Crippen LogP contribution in [0.15, 0.2) is 85.5 Å². The van der Waals surface area contributed by atoms with Crippen molar-refractivity contribution >= 4 is 0 Å². The first-order valence-electron chi connectivity index (χ1n) is 9.98. The van der Waals surface area contributed by atoms with Gasteiger partial charge in [-0.2, -0.15) is 0 Å². The molecule has 0 radical (unpaired) electrons. The fraction of sp³-hybridized carbons (Fsp3) is 0.154. The van der Waals surface area contributed by atoms with Gasteiger partial charge in [0.25, 0.3) is 0 Å². The highest BCUT2D eigenvalue weighted by Crippen LogP contribution is 2.63. The van der Waals surface area contributed by atoms with Crippen LogP contribution in [0.2, 0.25) is 0 Å². The van der Waals surface area contributed by atoms with E-state index in [1.807, 2.05) is 12.4 Å². The summed E-state index contributed by atoms with van der Waals surface area (Å²) in [5.74, 6) is 1.19. The SMILES string of the molecule is c1ccc2c(c1)[C@@H]1c3ccncc3[C@H]2[C@H]2c3ccccc3[C@@H]1c1cnccc12. The van der Waals surface area contributed by atoms with Crippen LogP contribution in [0.3, 0.4) is 0 Å². The Morgan fingerprint density at radius 2 is 0.714 bits per heavy atom. The lowest BCUT2D eigenvalue weighted by Gasteiger charge is -2.49. The van der Waals surface area contributed by atoms with Crippen molar-refractivity contribution in [1.29, 1.82) is 0 Å². The monoisotopic (exact) mass is 358 g/mol. The minimum Gasteiger partial charge on any atom is -0.264 e. The van der Waals surface area contributed by atoms with Crippen molar-refractivity contribution < 1.29 is 0 Å². The molecule has 0 amide bonds. The standard InChI is InChI=1S/C26H18N2/c1-3-7-17-15(5-1)23-19-9-11-27-13-21(19)25(17)24-16-6-2-4-8-18(16)26(23)22-14-28-12-10-20(22)24/h1-14,23-26H/t23-,24+,25+,26-. The lowest BCUT2D eigenvalue weighted by atomic mass is 9.53. The van der Waals surface area contributed by atoms with Crippen LogP contribution in [0.5, 0.6) is 0 Å². The van der Waals surface area contributed by atoms with Gasteiger partial charge >= 0.3 is 0 Å². The Hall–Kier alpha value is -3.26. The molecule has 0 N–H and O–H groups in total. The van der Waals surface area contributed by atoms with Crippen LogP contribution in [0.1, 0.15) is 68.2 Å². The van der Waals surface area contributed by atoms with Crippen molar-refractivity contribution in [1.82, 2.24) is 9.97 Å². The van der Waals surface area contributed by atoms with E-state index >= 15 is 0 Å². The molecule has 2 nitrogen and oxygen atoms in total. The van der Waals surface area contributed by atoms with Gasteiger partial charge in [-0.3, -0.25) is 9.97 Å². The first-order valence-corrected chi connectivity index (χ1v) is 9.98. The quantitative estimate of drug-likeness (QED) is 0.424. The number of hydrogen-bond acceptors (Lipinski definition) is 2. The molecule has 0 spiro atoms. The first kappa shape index (κ1) is 14.8. The van der Waals surface area contributed by atoms with Gasteiger partial charge in [0, 0.05) is 48.5 Å². The number of pyridine rings is 2. The summed E-state index contributed by atoms with van der Waals surface area (Å²) in [7, 11) is 0. The number of rotatable bonds is 0. The Morgan fingerprint density at radius 3 is 1.11 bits per heavy atom. The van der Waals surface area contributed by atoms with E-state index in [2.05, 4.69) is 83.0 Å². The van der Waals surface area contributed by atoms with E-state index in [1.165, 1.54) is 44.5 Å². The highest BCUT2D eigenvalue weighted by Gasteiger charge is 2.49. The van der Waals surface area contributed by atoms with E-state index < -0.39 is 0 Å². The third-order valence-electron chi connectivity index (χ3n) is 7.11. The zero-order valence-corrected chi connectivity index (χ0v) is 15.3. The predicted octanol–water partition coefficient (Wildman–Crippen LogP) is 5.34. The number of nitrogens with zero attached hydrogens (tertiary/aromatic N) is 2. The van der Waals surface area contributed by atoms with E-state index in [0.29, 0.717) is 23.7 Å². The summed E-state index contributed by atoms with van der Waals surface area (Å²) in [6, 6.07) is 22.6. The molecule has 6 aliphatic rings. The molecule has 2 aromatic heterocycles. The average Bonchev–Trinajstić information content (AvgIpc) is 2.74. The molecule has 2 aromatic carbocycles. The van der Waals surface area contributed by atoms with Gasteiger partial charge in [0.15, 0.2) is 0 Å². The van der Waals surface area contributed by atoms with Gasteiger partial charge in [-0.25, -0.2) is 0 Å². The zero-order valence-electron chi connectivity index (χ0n) is 15.3. The minimum absolute atomic E-state index is 0.291. The highest BCUT2D eigenvalue weighted by atomic mass is 14.7. The fourth-order valence-electron chi connectivity index (χ4n) is 6.18. The molecular weight excluding hydrogens is 340 g/mol. The third kappa shape index (κ3) is 1.65. The van der Waals surface area contributed by atoms with Gasteiger partial charge in [0.1, 0.15) is 0 Å². The summed E-state index contributed by atoms with van der Waals surface area (Å²) in [6.45, 7) is 0. The largest absolute Gasteiger partial charge is 0.264 e. The molecule has 0 fully saturated rings. The summed E-state index contributed by atoms with van der Waals surface area (Å²) in [4.78, 5) is 9.09. The second-order valence-electron chi connectivity index (χ2n) is 8.18. The van der Waals surface area contributed by atoms with Crippen molar-refractivity contribution in [2.24, 2.45) is 0 Å². The van der Waals surface area contributed by atoms with Gasteiger partial charge in [0.2, 0.25) is 0 Å². The Labute approximate surface area is 163 Å². The van der Waals surface area contributed by atoms with E-state index in [9.17, 15) is 0 Å². The molecule has 6 aliphatic carbocycles. The number of aromatic nitrogens is 2. The van der Waals surface area contributed by atoms with Crippen molar-refractivity contribution in [3.8, 4) is 0 Å². The van der Waals surface area contributed by atoms with Gasteiger partial charge in [0.05, 0.1) is 0 Å². The van der Waals surface area contributed by atoms with Crippen LogP contribution in [0.25, 0.3) is 0 Å². The van der Waals surface area contributed by atoms with Crippen LogP contribution in [-0.2, 0) is 0 Å². The molecule has 28 heavy (non-hydrogen) atoms. The van der Waals surface area contributed by atoms with Crippen LogP contribution >= 0.6 is 0 Å². The lowest BCUT2D eigenvalue weighted by Crippen LogP contribution is -2.35. The molecule has 0 saturated carbocycles. The first-order chi connectivity index (χ1) is 13.9. The van der Waals surface area contributed by atoms with Crippen LogP contribution < -0.4 is 0 Å². The van der Waals surface area contributed by atoms with Crippen LogP contribution in [0.4, 0.5) is 0 Å². The summed E-state index contributed by atoms with van der Waals surface area (Å²) in [5, 5.41) is 0. The fourth-order valence-corrected chi connectivity index (χ4v) is 6.18. The maximum atomic E-state index is 4.55. The Bertz CT molecular complexity index is 969. The van der Waals surface area contributed by atoms with Crippen LogP contribution in [-0.4, -0.2) is 9.97 Å². The minimum atomic E-state index is 0.291. The molecule has 0 saturated heterocycles. The maximum Gasteiger partial charge on any atom is 0.0309 e. The highest BCUT2D eigenvalue weighted by molar-refractivity contribution is 5.66. The topological polar surface area (TPSA) is 25.8 Å². The van der Waals surface area contributed by atoms with E-state index in [1.54, 1.807) is 0 Å². The molecule has 4 bridgehead atoms. The normalized spacial score (nSPS) is 25.1. The molecule has 4 atom stereocenters. The summed E-state index contributed by atoms with van der Waals surface area (Å²) in [6.07, 6.45) is 8.16. The Kier molecular flexibility index (Phi) is 2.72. The third-order valence-corrected chi connectivity index (χ3v) is 7.11. The van der Waals surface area contributed by atoms with Crippen molar-refractivity contribution in [2.75, 3.05) is 0 Å². The summed E-state index contributed by atoms with van der Waals surface area (Å²) in [5.41, 5.74) is 11.6. The summed E-state index contributed by atoms with van der Waals surface area (Å²) < 4.78 is 0. The maximum absolute atomic E-state index is 4.55. The molecular formula is C26H18N2. The molecule has 4 aromatic rings. The second kappa shape index (κ2) is 5.17. The van der Waals surface area contributed by atoms with Crippen LogP contribution in [0, 0.1) is 0 Å². The van der Waals surface area contributed by atoms with Gasteiger partial charge in [-0.05, 0) is 56.6 Å². The zero-order chi connectivity index (χ0) is 18.2. The number of hydrogen-bond donors (Lipinski definition) is 0. The molecule has 10 rings (SSSR count). The lowest BCUT2D eigenvalue weighted by molar-refractivity contribution is 0.526. The smallest absolute Gasteiger partial charge is 0.0309 e. The molecule has 2 heterocycles. The molecule has 2 heteroatoms. The van der Waals surface area contributed by atoms with Gasteiger partial charge < -0.3 is 0 Å². The van der Waals surface area contributed by atoms with Gasteiger partial charge in [-0.15, -0.1) is 0 Å². The average molecular weight is 358 g/mol. The Balaban J connectivity index is 1.69. The second-order valence-corrected chi connectivity index (χ2v) is 8.18. The van der Waals surface area contributed by atoms with E-state index in [4.69, 9.17) is 0 Å². The van der Waals surface area contributed by atoms with Gasteiger partial charge in [-0.1, -0.05) is 48.5 Å². The van der Waals surface area contributed by atoms with Crippen molar-refractivity contribution in [2.45, 2.75) is 23.7 Å². The molecule has 0 aliphatic heterocycles. The summed E-state index contributed by atoms with van der Waals surface area (Å²) >= 11 is 0. The predicted molar refractivity (Wildman–Crippen MR) is 109 cm³/mol.